The van der Waals surface area contributed by atoms with Crippen molar-refractivity contribution < 1.29 is 14.2 Å². The molecule has 0 fully saturated rings. The molecule has 1 heterocycles. The molecule has 0 aliphatic rings. The standard InChI is InChI=1S/C17H23NO3S/c1-3-20-8-9-21-16-7-6-14(11-17(16)19-2)12-18-13-15-5-4-10-22-15/h4-7,10-11,18H,3,8-9,12-13H2,1-2H3. The summed E-state index contributed by atoms with van der Waals surface area (Å²) in [5.41, 5.74) is 1.17. The third-order valence-electron chi connectivity index (χ3n) is 3.13. The molecule has 0 bridgehead atoms. The predicted octanol–water partition coefficient (Wildman–Crippen LogP) is 3.46. The zero-order valence-electron chi connectivity index (χ0n) is 13.1. The molecule has 0 aliphatic carbocycles. The van der Waals surface area contributed by atoms with Gasteiger partial charge in [0.2, 0.25) is 0 Å². The fraction of sp³-hybridized carbons (Fsp3) is 0.412. The molecule has 2 rings (SSSR count). The van der Waals surface area contributed by atoms with Gasteiger partial charge in [-0.25, -0.2) is 0 Å². The van der Waals surface area contributed by atoms with Crippen LogP contribution in [-0.4, -0.2) is 26.9 Å². The van der Waals surface area contributed by atoms with E-state index < -0.39 is 0 Å². The molecular formula is C17H23NO3S. The van der Waals surface area contributed by atoms with Gasteiger partial charge in [0, 0.05) is 24.6 Å². The monoisotopic (exact) mass is 321 g/mol. The number of benzene rings is 1. The van der Waals surface area contributed by atoms with Gasteiger partial charge in [0.25, 0.3) is 0 Å². The fourth-order valence-electron chi connectivity index (χ4n) is 2.04. The average molecular weight is 321 g/mol. The van der Waals surface area contributed by atoms with E-state index in [4.69, 9.17) is 14.2 Å². The molecule has 0 radical (unpaired) electrons. The van der Waals surface area contributed by atoms with E-state index in [1.165, 1.54) is 10.4 Å². The van der Waals surface area contributed by atoms with Gasteiger partial charge >= 0.3 is 0 Å². The highest BCUT2D eigenvalue weighted by atomic mass is 32.1. The first kappa shape index (κ1) is 16.8. The summed E-state index contributed by atoms with van der Waals surface area (Å²) in [6.07, 6.45) is 0. The summed E-state index contributed by atoms with van der Waals surface area (Å²) in [5.74, 6) is 1.51. The Morgan fingerprint density at radius 2 is 2.00 bits per heavy atom. The first-order chi connectivity index (χ1) is 10.8. The van der Waals surface area contributed by atoms with Gasteiger partial charge in [-0.15, -0.1) is 11.3 Å². The Morgan fingerprint density at radius 1 is 1.09 bits per heavy atom. The summed E-state index contributed by atoms with van der Waals surface area (Å²) >= 11 is 1.76. The molecule has 0 spiro atoms. The van der Waals surface area contributed by atoms with Crippen LogP contribution in [0.25, 0.3) is 0 Å². The molecule has 0 saturated carbocycles. The molecule has 5 heteroatoms. The molecule has 0 atom stereocenters. The number of rotatable bonds is 10. The molecule has 2 aromatic rings. The van der Waals surface area contributed by atoms with E-state index in [1.54, 1.807) is 18.4 Å². The molecule has 0 unspecified atom stereocenters. The van der Waals surface area contributed by atoms with Gasteiger partial charge in [-0.1, -0.05) is 12.1 Å². The maximum Gasteiger partial charge on any atom is 0.161 e. The Bertz CT molecular complexity index is 543. The van der Waals surface area contributed by atoms with E-state index in [9.17, 15) is 0 Å². The molecule has 120 valence electrons. The van der Waals surface area contributed by atoms with Gasteiger partial charge in [0.15, 0.2) is 11.5 Å². The summed E-state index contributed by atoms with van der Waals surface area (Å²) in [4.78, 5) is 1.34. The quantitative estimate of drug-likeness (QED) is 0.680. The molecule has 1 aromatic carbocycles. The Morgan fingerprint density at radius 3 is 2.73 bits per heavy atom. The summed E-state index contributed by atoms with van der Waals surface area (Å²) < 4.78 is 16.3. The van der Waals surface area contributed by atoms with Crippen molar-refractivity contribution in [3.8, 4) is 11.5 Å². The number of methoxy groups -OCH3 is 1. The third-order valence-corrected chi connectivity index (χ3v) is 4.00. The van der Waals surface area contributed by atoms with Crippen molar-refractivity contribution in [2.24, 2.45) is 0 Å². The average Bonchev–Trinajstić information content (AvgIpc) is 3.05. The van der Waals surface area contributed by atoms with Crippen LogP contribution in [0.5, 0.6) is 11.5 Å². The smallest absolute Gasteiger partial charge is 0.161 e. The number of nitrogens with one attached hydrogen (secondary N) is 1. The molecule has 1 N–H and O–H groups in total. The van der Waals surface area contributed by atoms with Gasteiger partial charge in [0.05, 0.1) is 13.7 Å². The van der Waals surface area contributed by atoms with E-state index >= 15 is 0 Å². The Hall–Kier alpha value is -1.56. The maximum absolute atomic E-state index is 5.68. The van der Waals surface area contributed by atoms with Crippen LogP contribution < -0.4 is 14.8 Å². The second-order valence-corrected chi connectivity index (χ2v) is 5.75. The van der Waals surface area contributed by atoms with Crippen molar-refractivity contribution in [1.82, 2.24) is 5.32 Å². The lowest BCUT2D eigenvalue weighted by molar-refractivity contribution is 0.109. The van der Waals surface area contributed by atoms with Gasteiger partial charge in [-0.3, -0.25) is 0 Å². The summed E-state index contributed by atoms with van der Waals surface area (Å²) in [5, 5.41) is 5.52. The molecule has 4 nitrogen and oxygen atoms in total. The lowest BCUT2D eigenvalue weighted by Crippen LogP contribution is -2.12. The summed E-state index contributed by atoms with van der Waals surface area (Å²) in [6.45, 7) is 5.47. The molecular weight excluding hydrogens is 298 g/mol. The minimum atomic E-state index is 0.528. The highest BCUT2D eigenvalue weighted by molar-refractivity contribution is 7.09. The van der Waals surface area contributed by atoms with Crippen molar-refractivity contribution in [2.75, 3.05) is 26.9 Å². The van der Waals surface area contributed by atoms with Gasteiger partial charge < -0.3 is 19.5 Å². The van der Waals surface area contributed by atoms with Crippen LogP contribution in [0.2, 0.25) is 0 Å². The van der Waals surface area contributed by atoms with E-state index in [-0.39, 0.29) is 0 Å². The lowest BCUT2D eigenvalue weighted by Gasteiger charge is -2.12. The molecule has 0 saturated heterocycles. The van der Waals surface area contributed by atoms with Crippen LogP contribution in [0.15, 0.2) is 35.7 Å². The van der Waals surface area contributed by atoms with E-state index in [1.807, 2.05) is 19.1 Å². The molecule has 0 aliphatic heterocycles. The summed E-state index contributed by atoms with van der Waals surface area (Å²) in [6, 6.07) is 10.2. The highest BCUT2D eigenvalue weighted by Gasteiger charge is 2.06. The Labute approximate surface area is 136 Å². The minimum absolute atomic E-state index is 0.528. The van der Waals surface area contributed by atoms with Crippen LogP contribution >= 0.6 is 11.3 Å². The zero-order chi connectivity index (χ0) is 15.6. The topological polar surface area (TPSA) is 39.7 Å². The van der Waals surface area contributed by atoms with Crippen LogP contribution in [0, 0.1) is 0 Å². The van der Waals surface area contributed by atoms with Crippen molar-refractivity contribution in [1.29, 1.82) is 0 Å². The van der Waals surface area contributed by atoms with Crippen LogP contribution in [0.1, 0.15) is 17.4 Å². The normalized spacial score (nSPS) is 10.6. The summed E-state index contributed by atoms with van der Waals surface area (Å²) in [7, 11) is 1.66. The fourth-order valence-corrected chi connectivity index (χ4v) is 2.71. The number of hydrogen-bond acceptors (Lipinski definition) is 5. The second kappa shape index (κ2) is 9.46. The third kappa shape index (κ3) is 5.33. The second-order valence-electron chi connectivity index (χ2n) is 4.71. The minimum Gasteiger partial charge on any atom is -0.493 e. The SMILES string of the molecule is CCOCCOc1ccc(CNCc2cccs2)cc1OC. The molecule has 0 amide bonds. The Kier molecular flexibility index (Phi) is 7.22. The number of thiophene rings is 1. The van der Waals surface area contributed by atoms with Crippen LogP contribution in [0.4, 0.5) is 0 Å². The highest BCUT2D eigenvalue weighted by Crippen LogP contribution is 2.28. The largest absolute Gasteiger partial charge is 0.493 e. The Balaban J connectivity index is 1.84. The lowest BCUT2D eigenvalue weighted by atomic mass is 10.2. The van der Waals surface area contributed by atoms with Gasteiger partial charge in [-0.2, -0.15) is 0 Å². The maximum atomic E-state index is 5.68. The predicted molar refractivity (Wildman–Crippen MR) is 89.8 cm³/mol. The van der Waals surface area contributed by atoms with E-state index in [2.05, 4.69) is 28.9 Å². The van der Waals surface area contributed by atoms with Gasteiger partial charge in [0.1, 0.15) is 6.61 Å². The van der Waals surface area contributed by atoms with Gasteiger partial charge in [-0.05, 0) is 36.1 Å². The van der Waals surface area contributed by atoms with E-state index in [0.29, 0.717) is 19.8 Å². The van der Waals surface area contributed by atoms with Crippen molar-refractivity contribution >= 4 is 11.3 Å². The van der Waals surface area contributed by atoms with E-state index in [0.717, 1.165) is 24.6 Å². The molecule has 1 aromatic heterocycles. The number of ether oxygens (including phenoxy) is 3. The molecule has 22 heavy (non-hydrogen) atoms. The van der Waals surface area contributed by atoms with Crippen molar-refractivity contribution in [3.05, 3.63) is 46.2 Å². The zero-order valence-corrected chi connectivity index (χ0v) is 13.9. The number of hydrogen-bond donors (Lipinski definition) is 1. The van der Waals surface area contributed by atoms with Crippen LogP contribution in [-0.2, 0) is 17.8 Å². The van der Waals surface area contributed by atoms with Crippen molar-refractivity contribution in [3.63, 3.8) is 0 Å². The first-order valence-corrected chi connectivity index (χ1v) is 8.32. The van der Waals surface area contributed by atoms with Crippen molar-refractivity contribution in [2.45, 2.75) is 20.0 Å². The first-order valence-electron chi connectivity index (χ1n) is 7.44. The van der Waals surface area contributed by atoms with Crippen LogP contribution in [0.3, 0.4) is 0 Å².